The average molecular weight is 301 g/mol. The van der Waals surface area contributed by atoms with Gasteiger partial charge < -0.3 is 4.43 Å². The molecule has 3 heteroatoms. The third-order valence-corrected chi connectivity index (χ3v) is 3.77. The summed E-state index contributed by atoms with van der Waals surface area (Å²) < 4.78 is 5.98. The van der Waals surface area contributed by atoms with Crippen LogP contribution in [-0.2, 0) is 10.7 Å². The Morgan fingerprint density at radius 1 is 1.25 bits per heavy atom. The van der Waals surface area contributed by atoms with E-state index in [2.05, 4.69) is 68.0 Å². The SMILES string of the molecule is C[SiH](C)Oc1cc(C(C)(C)C)ccc1CBr. The molecular weight excluding hydrogens is 280 g/mol. The molecule has 0 saturated carbocycles. The maximum absolute atomic E-state index is 5.98. The van der Waals surface area contributed by atoms with Crippen molar-refractivity contribution >= 4 is 25.0 Å². The monoisotopic (exact) mass is 300 g/mol. The Labute approximate surface area is 109 Å². The first-order valence-electron chi connectivity index (χ1n) is 5.70. The van der Waals surface area contributed by atoms with E-state index in [1.807, 2.05) is 0 Å². The number of halogens is 1. The predicted octanol–water partition coefficient (Wildman–Crippen LogP) is 4.24. The van der Waals surface area contributed by atoms with Gasteiger partial charge in [-0.3, -0.25) is 0 Å². The van der Waals surface area contributed by atoms with Crippen LogP contribution in [0.1, 0.15) is 31.9 Å². The summed E-state index contributed by atoms with van der Waals surface area (Å²) in [6.07, 6.45) is 0. The van der Waals surface area contributed by atoms with Gasteiger partial charge in [0.25, 0.3) is 0 Å². The minimum absolute atomic E-state index is 0.182. The van der Waals surface area contributed by atoms with E-state index < -0.39 is 9.04 Å². The van der Waals surface area contributed by atoms with Gasteiger partial charge in [0.2, 0.25) is 9.04 Å². The lowest BCUT2D eigenvalue weighted by atomic mass is 9.86. The fraction of sp³-hybridized carbons (Fsp3) is 0.538. The molecule has 0 aromatic heterocycles. The van der Waals surface area contributed by atoms with Crippen LogP contribution < -0.4 is 4.43 Å². The van der Waals surface area contributed by atoms with Crippen molar-refractivity contribution < 1.29 is 4.43 Å². The van der Waals surface area contributed by atoms with Crippen LogP contribution in [0.3, 0.4) is 0 Å². The largest absolute Gasteiger partial charge is 0.547 e. The molecule has 1 aromatic carbocycles. The van der Waals surface area contributed by atoms with E-state index in [1.165, 1.54) is 11.1 Å². The van der Waals surface area contributed by atoms with Crippen LogP contribution in [0.5, 0.6) is 5.75 Å². The lowest BCUT2D eigenvalue weighted by Crippen LogP contribution is -2.15. The van der Waals surface area contributed by atoms with Crippen molar-refractivity contribution in [2.24, 2.45) is 0 Å². The summed E-state index contributed by atoms with van der Waals surface area (Å²) in [5.41, 5.74) is 2.76. The van der Waals surface area contributed by atoms with Crippen molar-refractivity contribution in [3.63, 3.8) is 0 Å². The van der Waals surface area contributed by atoms with Gasteiger partial charge in [-0.15, -0.1) is 0 Å². The van der Waals surface area contributed by atoms with Gasteiger partial charge in [-0.2, -0.15) is 0 Å². The fourth-order valence-corrected chi connectivity index (χ4v) is 2.69. The highest BCUT2D eigenvalue weighted by Crippen LogP contribution is 2.30. The zero-order valence-corrected chi connectivity index (χ0v) is 13.5. The minimum Gasteiger partial charge on any atom is -0.547 e. The van der Waals surface area contributed by atoms with E-state index in [1.54, 1.807) is 0 Å². The molecule has 0 amide bonds. The van der Waals surface area contributed by atoms with Crippen LogP contribution in [0, 0.1) is 0 Å². The fourth-order valence-electron chi connectivity index (χ4n) is 1.50. The van der Waals surface area contributed by atoms with Crippen molar-refractivity contribution in [1.82, 2.24) is 0 Å². The van der Waals surface area contributed by atoms with Gasteiger partial charge in [0.05, 0.1) is 0 Å². The number of benzene rings is 1. The first-order valence-corrected chi connectivity index (χ1v) is 9.61. The standard InChI is InChI=1S/C13H21BrOSi/c1-13(2,3)11-7-6-10(9-14)12(8-11)15-16(4)5/h6-8,16H,9H2,1-5H3. The lowest BCUT2D eigenvalue weighted by molar-refractivity contribution is 0.556. The van der Waals surface area contributed by atoms with Gasteiger partial charge in [0, 0.05) is 10.9 Å². The van der Waals surface area contributed by atoms with Crippen LogP contribution in [0.2, 0.25) is 13.1 Å². The van der Waals surface area contributed by atoms with Crippen molar-refractivity contribution in [3.8, 4) is 5.75 Å². The Hall–Kier alpha value is -0.283. The second kappa shape index (κ2) is 5.37. The van der Waals surface area contributed by atoms with Gasteiger partial charge in [0.15, 0.2) is 0 Å². The highest BCUT2D eigenvalue weighted by atomic mass is 79.9. The molecule has 0 radical (unpaired) electrons. The summed E-state index contributed by atoms with van der Waals surface area (Å²) in [6.45, 7) is 11.1. The molecule has 0 fully saturated rings. The molecule has 1 nitrogen and oxygen atoms in total. The molecule has 16 heavy (non-hydrogen) atoms. The van der Waals surface area contributed by atoms with Crippen molar-refractivity contribution in [3.05, 3.63) is 29.3 Å². The highest BCUT2D eigenvalue weighted by molar-refractivity contribution is 9.08. The molecule has 0 spiro atoms. The molecular formula is C13H21BrOSi. The van der Waals surface area contributed by atoms with Crippen molar-refractivity contribution in [2.75, 3.05) is 0 Å². The summed E-state index contributed by atoms with van der Waals surface area (Å²) in [6, 6.07) is 6.57. The third kappa shape index (κ3) is 3.63. The van der Waals surface area contributed by atoms with E-state index in [4.69, 9.17) is 4.43 Å². The molecule has 1 rings (SSSR count). The smallest absolute Gasteiger partial charge is 0.229 e. The number of alkyl halides is 1. The van der Waals surface area contributed by atoms with Crippen LogP contribution in [0.25, 0.3) is 0 Å². The van der Waals surface area contributed by atoms with Crippen molar-refractivity contribution in [1.29, 1.82) is 0 Å². The third-order valence-electron chi connectivity index (χ3n) is 2.44. The summed E-state index contributed by atoms with van der Waals surface area (Å²) in [4.78, 5) is 0. The summed E-state index contributed by atoms with van der Waals surface area (Å²) in [7, 11) is -1.03. The first-order chi connectivity index (χ1) is 7.34. The van der Waals surface area contributed by atoms with Gasteiger partial charge in [-0.1, -0.05) is 48.8 Å². The zero-order valence-electron chi connectivity index (χ0n) is 10.8. The topological polar surface area (TPSA) is 9.23 Å². The normalized spacial score (nSPS) is 11.9. The Balaban J connectivity index is 3.11. The molecule has 0 bridgehead atoms. The Bertz CT molecular complexity index is 355. The van der Waals surface area contributed by atoms with Crippen LogP contribution >= 0.6 is 15.9 Å². The quantitative estimate of drug-likeness (QED) is 0.599. The van der Waals surface area contributed by atoms with Crippen molar-refractivity contribution in [2.45, 2.75) is 44.6 Å². The van der Waals surface area contributed by atoms with Crippen LogP contribution in [0.4, 0.5) is 0 Å². The molecule has 0 aliphatic carbocycles. The molecule has 0 unspecified atom stereocenters. The summed E-state index contributed by atoms with van der Waals surface area (Å²) >= 11 is 3.51. The van der Waals surface area contributed by atoms with Gasteiger partial charge in [0.1, 0.15) is 5.75 Å². The molecule has 0 N–H and O–H groups in total. The molecule has 1 aromatic rings. The lowest BCUT2D eigenvalue weighted by Gasteiger charge is -2.22. The molecule has 0 aliphatic rings. The van der Waals surface area contributed by atoms with Gasteiger partial charge in [-0.05, 0) is 30.1 Å². The number of hydrogen-bond donors (Lipinski definition) is 0. The van der Waals surface area contributed by atoms with Gasteiger partial charge >= 0.3 is 0 Å². The first kappa shape index (κ1) is 13.8. The molecule has 0 saturated heterocycles. The van der Waals surface area contributed by atoms with Crippen LogP contribution in [0.15, 0.2) is 18.2 Å². The molecule has 90 valence electrons. The Morgan fingerprint density at radius 3 is 2.31 bits per heavy atom. The maximum Gasteiger partial charge on any atom is 0.229 e. The van der Waals surface area contributed by atoms with E-state index in [0.29, 0.717) is 0 Å². The second-order valence-corrected chi connectivity index (χ2v) is 8.27. The van der Waals surface area contributed by atoms with E-state index in [0.717, 1.165) is 11.1 Å². The molecule has 0 aliphatic heterocycles. The number of hydrogen-bond acceptors (Lipinski definition) is 1. The maximum atomic E-state index is 5.98. The Kier molecular flexibility index (Phi) is 4.62. The Morgan fingerprint density at radius 2 is 1.88 bits per heavy atom. The van der Waals surface area contributed by atoms with Crippen LogP contribution in [-0.4, -0.2) is 9.04 Å². The summed E-state index contributed by atoms with van der Waals surface area (Å²) in [5, 5.41) is 0.855. The predicted molar refractivity (Wildman–Crippen MR) is 77.3 cm³/mol. The van der Waals surface area contributed by atoms with Gasteiger partial charge in [-0.25, -0.2) is 0 Å². The van der Waals surface area contributed by atoms with E-state index in [9.17, 15) is 0 Å². The zero-order chi connectivity index (χ0) is 12.3. The minimum atomic E-state index is -1.03. The highest BCUT2D eigenvalue weighted by Gasteiger charge is 2.16. The average Bonchev–Trinajstić information content (AvgIpc) is 2.15. The second-order valence-electron chi connectivity index (χ2n) is 5.37. The molecule has 0 heterocycles. The van der Waals surface area contributed by atoms with E-state index in [-0.39, 0.29) is 5.41 Å². The number of rotatable bonds is 3. The summed E-state index contributed by atoms with van der Waals surface area (Å²) in [5.74, 6) is 1.06. The van der Waals surface area contributed by atoms with E-state index >= 15 is 0 Å². The molecule has 0 atom stereocenters.